The molecular weight excluding hydrogens is 284 g/mol. The Labute approximate surface area is 130 Å². The van der Waals surface area contributed by atoms with Crippen LogP contribution in [0.1, 0.15) is 29.4 Å². The summed E-state index contributed by atoms with van der Waals surface area (Å²) in [5.41, 5.74) is 1.08. The smallest absolute Gasteiger partial charge is 0.161 e. The Bertz CT molecular complexity index is 581. The Hall–Kier alpha value is -1.59. The number of ether oxygens (including phenoxy) is 2. The molecule has 0 aliphatic rings. The zero-order chi connectivity index (χ0) is 15.2. The molecule has 0 saturated heterocycles. The molecule has 21 heavy (non-hydrogen) atoms. The van der Waals surface area contributed by atoms with Crippen molar-refractivity contribution in [3.05, 3.63) is 39.8 Å². The summed E-state index contributed by atoms with van der Waals surface area (Å²) in [6.45, 7) is 7.65. The maximum Gasteiger partial charge on any atom is 0.161 e. The summed E-state index contributed by atoms with van der Waals surface area (Å²) in [5, 5.41) is 4.40. The topological polar surface area (TPSA) is 43.4 Å². The van der Waals surface area contributed by atoms with E-state index in [9.17, 15) is 0 Å². The maximum atomic E-state index is 5.81. The molecule has 5 heteroatoms. The third-order valence-corrected chi connectivity index (χ3v) is 4.16. The van der Waals surface area contributed by atoms with Gasteiger partial charge in [-0.15, -0.1) is 11.3 Å². The van der Waals surface area contributed by atoms with Crippen molar-refractivity contribution in [1.82, 2.24) is 10.3 Å². The average Bonchev–Trinajstić information content (AvgIpc) is 2.83. The van der Waals surface area contributed by atoms with Crippen LogP contribution in [0.25, 0.3) is 0 Å². The van der Waals surface area contributed by atoms with Crippen molar-refractivity contribution in [2.45, 2.75) is 40.0 Å². The highest BCUT2D eigenvalue weighted by molar-refractivity contribution is 7.11. The molecule has 1 aromatic carbocycles. The fourth-order valence-corrected chi connectivity index (χ4v) is 2.82. The summed E-state index contributed by atoms with van der Waals surface area (Å²) in [4.78, 5) is 5.84. The largest absolute Gasteiger partial charge is 0.493 e. The number of thiazole rings is 1. The minimum atomic E-state index is 0.466. The van der Waals surface area contributed by atoms with E-state index in [0.717, 1.165) is 28.7 Å². The summed E-state index contributed by atoms with van der Waals surface area (Å²) < 4.78 is 11.1. The van der Waals surface area contributed by atoms with Crippen molar-refractivity contribution in [2.24, 2.45) is 0 Å². The van der Waals surface area contributed by atoms with E-state index in [0.29, 0.717) is 12.6 Å². The van der Waals surface area contributed by atoms with Gasteiger partial charge >= 0.3 is 0 Å². The summed E-state index contributed by atoms with van der Waals surface area (Å²) in [6.07, 6.45) is 0. The van der Waals surface area contributed by atoms with E-state index < -0.39 is 0 Å². The highest BCUT2D eigenvalue weighted by atomic mass is 32.1. The van der Waals surface area contributed by atoms with E-state index >= 15 is 0 Å². The molecule has 0 saturated carbocycles. The Morgan fingerprint density at radius 2 is 1.95 bits per heavy atom. The zero-order valence-corrected chi connectivity index (χ0v) is 13.8. The van der Waals surface area contributed by atoms with Gasteiger partial charge in [0.05, 0.1) is 12.8 Å². The Morgan fingerprint density at radius 1 is 1.24 bits per heavy atom. The van der Waals surface area contributed by atoms with Crippen LogP contribution in [-0.4, -0.2) is 18.1 Å². The van der Waals surface area contributed by atoms with Gasteiger partial charge in [0.25, 0.3) is 0 Å². The maximum absolute atomic E-state index is 5.81. The number of nitrogens with one attached hydrogen (secondary N) is 1. The molecule has 114 valence electrons. The number of rotatable bonds is 7. The monoisotopic (exact) mass is 306 g/mol. The normalized spacial score (nSPS) is 10.9. The lowest BCUT2D eigenvalue weighted by atomic mass is 10.3. The number of para-hydroxylation sites is 2. The molecule has 0 spiro atoms. The van der Waals surface area contributed by atoms with Gasteiger partial charge in [0, 0.05) is 17.5 Å². The number of hydrogen-bond acceptors (Lipinski definition) is 5. The van der Waals surface area contributed by atoms with Gasteiger partial charge in [-0.2, -0.15) is 0 Å². The summed E-state index contributed by atoms with van der Waals surface area (Å²) >= 11 is 1.69. The number of methoxy groups -OCH3 is 1. The first-order valence-electron chi connectivity index (χ1n) is 7.04. The highest BCUT2D eigenvalue weighted by Crippen LogP contribution is 2.27. The molecule has 1 N–H and O–H groups in total. The van der Waals surface area contributed by atoms with E-state index in [1.165, 1.54) is 4.88 Å². The predicted octanol–water partition coefficient (Wildman–Crippen LogP) is 3.54. The van der Waals surface area contributed by atoms with Crippen LogP contribution in [0.4, 0.5) is 0 Å². The molecule has 0 amide bonds. The van der Waals surface area contributed by atoms with E-state index in [-0.39, 0.29) is 0 Å². The van der Waals surface area contributed by atoms with E-state index in [1.807, 2.05) is 31.2 Å². The number of benzene rings is 1. The minimum Gasteiger partial charge on any atom is -0.493 e. The van der Waals surface area contributed by atoms with Gasteiger partial charge in [0.15, 0.2) is 11.5 Å². The van der Waals surface area contributed by atoms with Crippen LogP contribution in [0.5, 0.6) is 11.5 Å². The molecule has 0 fully saturated rings. The van der Waals surface area contributed by atoms with E-state index in [4.69, 9.17) is 9.47 Å². The number of aromatic nitrogens is 1. The van der Waals surface area contributed by atoms with Crippen molar-refractivity contribution in [3.63, 3.8) is 0 Å². The molecular formula is C16H22N2O2S. The van der Waals surface area contributed by atoms with Crippen LogP contribution < -0.4 is 14.8 Å². The van der Waals surface area contributed by atoms with Crippen molar-refractivity contribution < 1.29 is 9.47 Å². The molecule has 0 aliphatic carbocycles. The third kappa shape index (κ3) is 4.44. The standard InChI is InChI=1S/C16H22N2O2S/c1-11(2)17-9-15-12(3)18-16(21-15)10-20-14-8-6-5-7-13(14)19-4/h5-8,11,17H,9-10H2,1-4H3. The van der Waals surface area contributed by atoms with Crippen molar-refractivity contribution in [1.29, 1.82) is 0 Å². The molecule has 4 nitrogen and oxygen atoms in total. The number of aryl methyl sites for hydroxylation is 1. The number of hydrogen-bond donors (Lipinski definition) is 1. The molecule has 0 atom stereocenters. The van der Waals surface area contributed by atoms with Crippen LogP contribution in [0.15, 0.2) is 24.3 Å². The van der Waals surface area contributed by atoms with Gasteiger partial charge in [-0.1, -0.05) is 26.0 Å². The van der Waals surface area contributed by atoms with Gasteiger partial charge in [0.1, 0.15) is 11.6 Å². The SMILES string of the molecule is COc1ccccc1OCc1nc(C)c(CNC(C)C)s1. The van der Waals surface area contributed by atoms with Gasteiger partial charge in [-0.05, 0) is 19.1 Å². The molecule has 1 aromatic heterocycles. The number of nitrogens with zero attached hydrogens (tertiary/aromatic N) is 1. The zero-order valence-electron chi connectivity index (χ0n) is 13.0. The fraction of sp³-hybridized carbons (Fsp3) is 0.438. The molecule has 2 rings (SSSR count). The average molecular weight is 306 g/mol. The molecule has 2 aromatic rings. The first-order valence-corrected chi connectivity index (χ1v) is 7.86. The molecule has 1 heterocycles. The molecule has 0 unspecified atom stereocenters. The third-order valence-electron chi connectivity index (χ3n) is 3.03. The predicted molar refractivity (Wildman–Crippen MR) is 86.2 cm³/mol. The van der Waals surface area contributed by atoms with Crippen LogP contribution in [0.2, 0.25) is 0 Å². The lowest BCUT2D eigenvalue weighted by Gasteiger charge is -2.08. The Balaban J connectivity index is 1.99. The van der Waals surface area contributed by atoms with Gasteiger partial charge in [-0.25, -0.2) is 4.98 Å². The van der Waals surface area contributed by atoms with Gasteiger partial charge < -0.3 is 14.8 Å². The first kappa shape index (κ1) is 15.8. The van der Waals surface area contributed by atoms with Crippen molar-refractivity contribution in [2.75, 3.05) is 7.11 Å². The first-order chi connectivity index (χ1) is 10.1. The Kier molecular flexibility index (Phi) is 5.59. The Morgan fingerprint density at radius 3 is 2.62 bits per heavy atom. The summed E-state index contributed by atoms with van der Waals surface area (Å²) in [7, 11) is 1.64. The fourth-order valence-electron chi connectivity index (χ4n) is 1.89. The second kappa shape index (κ2) is 7.43. The minimum absolute atomic E-state index is 0.466. The van der Waals surface area contributed by atoms with Crippen LogP contribution in [0, 0.1) is 6.92 Å². The van der Waals surface area contributed by atoms with Crippen molar-refractivity contribution in [3.8, 4) is 11.5 Å². The van der Waals surface area contributed by atoms with Crippen molar-refractivity contribution >= 4 is 11.3 Å². The summed E-state index contributed by atoms with van der Waals surface area (Å²) in [6, 6.07) is 8.12. The van der Waals surface area contributed by atoms with Gasteiger partial charge in [0.2, 0.25) is 0 Å². The van der Waals surface area contributed by atoms with Gasteiger partial charge in [-0.3, -0.25) is 0 Å². The quantitative estimate of drug-likeness (QED) is 0.850. The lowest BCUT2D eigenvalue weighted by Crippen LogP contribution is -2.21. The molecule has 0 bridgehead atoms. The second-order valence-corrected chi connectivity index (χ2v) is 6.26. The van der Waals surface area contributed by atoms with E-state index in [2.05, 4.69) is 24.1 Å². The second-order valence-electron chi connectivity index (χ2n) is 5.09. The van der Waals surface area contributed by atoms with E-state index in [1.54, 1.807) is 18.4 Å². The summed E-state index contributed by atoms with van der Waals surface area (Å²) in [5.74, 6) is 1.49. The van der Waals surface area contributed by atoms with Crippen LogP contribution >= 0.6 is 11.3 Å². The highest BCUT2D eigenvalue weighted by Gasteiger charge is 2.10. The molecule has 0 aliphatic heterocycles. The van der Waals surface area contributed by atoms with Crippen LogP contribution in [-0.2, 0) is 13.2 Å². The van der Waals surface area contributed by atoms with Crippen LogP contribution in [0.3, 0.4) is 0 Å². The lowest BCUT2D eigenvalue weighted by molar-refractivity contribution is 0.284. The molecule has 0 radical (unpaired) electrons.